The van der Waals surface area contributed by atoms with Crippen LogP contribution in [0.5, 0.6) is 23.0 Å². The first-order valence-electron chi connectivity index (χ1n) is 13.0. The maximum atomic E-state index is 13.5. The van der Waals surface area contributed by atoms with Gasteiger partial charge in [0.2, 0.25) is 11.2 Å². The third-order valence-electron chi connectivity index (χ3n) is 7.04. The molecular weight excluding hydrogens is 484 g/mol. The molecule has 0 aliphatic carbocycles. The number of ether oxygens (including phenoxy) is 1. The molecule has 4 N–H and O–H groups in total. The van der Waals surface area contributed by atoms with E-state index in [0.29, 0.717) is 54.4 Å². The molecule has 1 aliphatic rings. The van der Waals surface area contributed by atoms with Crippen LogP contribution < -0.4 is 10.2 Å². The highest BCUT2D eigenvalue weighted by atomic mass is 16.5. The Labute approximate surface area is 220 Å². The highest BCUT2D eigenvalue weighted by Crippen LogP contribution is 2.43. The van der Waals surface area contributed by atoms with Gasteiger partial charge >= 0.3 is 0 Å². The van der Waals surface area contributed by atoms with E-state index in [2.05, 4.69) is 0 Å². The van der Waals surface area contributed by atoms with Crippen LogP contribution in [0.4, 0.5) is 0 Å². The van der Waals surface area contributed by atoms with Gasteiger partial charge in [-0.3, -0.25) is 4.79 Å². The van der Waals surface area contributed by atoms with Gasteiger partial charge in [-0.15, -0.1) is 0 Å². The summed E-state index contributed by atoms with van der Waals surface area (Å²) in [7, 11) is 0. The minimum absolute atomic E-state index is 0.0381. The fourth-order valence-corrected chi connectivity index (χ4v) is 5.22. The van der Waals surface area contributed by atoms with E-state index in [1.54, 1.807) is 12.1 Å². The number of fused-ring (bicyclic) bond motifs is 3. The third-order valence-corrected chi connectivity index (χ3v) is 7.04. The maximum Gasteiger partial charge on any atom is 0.238 e. The molecule has 3 aromatic carbocycles. The molecule has 1 aliphatic heterocycles. The molecule has 1 aromatic heterocycles. The zero-order chi connectivity index (χ0) is 27.0. The van der Waals surface area contributed by atoms with Gasteiger partial charge in [0.05, 0.1) is 0 Å². The van der Waals surface area contributed by atoms with Crippen molar-refractivity contribution in [3.05, 3.63) is 81.0 Å². The summed E-state index contributed by atoms with van der Waals surface area (Å²) in [6, 6.07) is 14.6. The van der Waals surface area contributed by atoms with E-state index in [1.807, 2.05) is 44.2 Å². The summed E-state index contributed by atoms with van der Waals surface area (Å²) >= 11 is 0. The first kappa shape index (κ1) is 25.7. The van der Waals surface area contributed by atoms with E-state index in [9.17, 15) is 25.2 Å². The predicted molar refractivity (Wildman–Crippen MR) is 145 cm³/mol. The van der Waals surface area contributed by atoms with Crippen molar-refractivity contribution < 1.29 is 29.6 Å². The van der Waals surface area contributed by atoms with E-state index >= 15 is 0 Å². The smallest absolute Gasteiger partial charge is 0.238 e. The molecule has 7 nitrogen and oxygen atoms in total. The maximum absolute atomic E-state index is 13.5. The molecular formula is C31H32O7. The quantitative estimate of drug-likeness (QED) is 0.258. The van der Waals surface area contributed by atoms with Gasteiger partial charge in [0.25, 0.3) is 0 Å². The average Bonchev–Trinajstić information content (AvgIpc) is 2.89. The lowest BCUT2D eigenvalue weighted by atomic mass is 9.92. The molecule has 0 saturated heterocycles. The first-order valence-corrected chi connectivity index (χ1v) is 13.0. The van der Waals surface area contributed by atoms with Gasteiger partial charge in [-0.05, 0) is 54.0 Å². The lowest BCUT2D eigenvalue weighted by Gasteiger charge is -2.27. The SMILES string of the molecule is CC(C)Cc1cc(-c2oc3cc(O)c4c(c3c(=O)c2O)OC(CCO)CC4)cc(Cc2ccccc2)c1O. The number of aromatic hydroxyl groups is 3. The summed E-state index contributed by atoms with van der Waals surface area (Å²) in [5.74, 6) is -0.0228. The van der Waals surface area contributed by atoms with Gasteiger partial charge in [0.1, 0.15) is 34.3 Å². The highest BCUT2D eigenvalue weighted by molar-refractivity contribution is 5.90. The van der Waals surface area contributed by atoms with E-state index in [0.717, 1.165) is 5.56 Å². The van der Waals surface area contributed by atoms with E-state index in [-0.39, 0.29) is 52.6 Å². The summed E-state index contributed by atoms with van der Waals surface area (Å²) in [5, 5.41) is 42.3. The summed E-state index contributed by atoms with van der Waals surface area (Å²) in [4.78, 5) is 13.5. The van der Waals surface area contributed by atoms with Crippen molar-refractivity contribution in [2.75, 3.05) is 6.61 Å². The third kappa shape index (κ3) is 4.82. The topological polar surface area (TPSA) is 120 Å². The second-order valence-corrected chi connectivity index (χ2v) is 10.4. The van der Waals surface area contributed by atoms with Gasteiger partial charge in [-0.25, -0.2) is 0 Å². The van der Waals surface area contributed by atoms with E-state index in [4.69, 9.17) is 9.15 Å². The number of hydrogen-bond acceptors (Lipinski definition) is 7. The summed E-state index contributed by atoms with van der Waals surface area (Å²) < 4.78 is 12.1. The largest absolute Gasteiger partial charge is 0.507 e. The fraction of sp³-hybridized carbons (Fsp3) is 0.323. The summed E-state index contributed by atoms with van der Waals surface area (Å²) in [6.07, 6.45) is 2.20. The number of aliphatic hydroxyl groups is 1. The Morgan fingerprint density at radius 1 is 1.00 bits per heavy atom. The molecule has 0 radical (unpaired) electrons. The molecule has 1 unspecified atom stereocenters. The zero-order valence-corrected chi connectivity index (χ0v) is 21.5. The summed E-state index contributed by atoms with van der Waals surface area (Å²) in [6.45, 7) is 4.03. The van der Waals surface area contributed by atoms with Crippen LogP contribution in [0.1, 0.15) is 48.9 Å². The van der Waals surface area contributed by atoms with Crippen LogP contribution in [0, 0.1) is 5.92 Å². The molecule has 0 fully saturated rings. The molecule has 1 atom stereocenters. The second-order valence-electron chi connectivity index (χ2n) is 10.4. The number of phenolic OH excluding ortho intramolecular Hbond substituents is 2. The van der Waals surface area contributed by atoms with Crippen LogP contribution in [0.15, 0.2) is 57.7 Å². The Kier molecular flexibility index (Phi) is 7.04. The normalized spacial score (nSPS) is 15.0. The van der Waals surface area contributed by atoms with Crippen LogP contribution in [0.3, 0.4) is 0 Å². The molecule has 0 saturated carbocycles. The predicted octanol–water partition coefficient (Wildman–Crippen LogP) is 5.44. The van der Waals surface area contributed by atoms with Crippen LogP contribution in [0.25, 0.3) is 22.3 Å². The van der Waals surface area contributed by atoms with Crippen molar-refractivity contribution in [1.82, 2.24) is 0 Å². The number of hydrogen-bond donors (Lipinski definition) is 4. The molecule has 7 heteroatoms. The Hall–Kier alpha value is -3.97. The molecule has 0 spiro atoms. The van der Waals surface area contributed by atoms with Crippen LogP contribution in [-0.4, -0.2) is 33.1 Å². The summed E-state index contributed by atoms with van der Waals surface area (Å²) in [5.41, 5.74) is 2.71. The number of phenols is 2. The molecule has 2 heterocycles. The van der Waals surface area contributed by atoms with Crippen molar-refractivity contribution in [2.45, 2.75) is 52.1 Å². The lowest BCUT2D eigenvalue weighted by Crippen LogP contribution is -2.25. The monoisotopic (exact) mass is 516 g/mol. The standard InChI is InChI=1S/C31H32O7/c1-17(2)12-19-14-21(15-20(27(19)34)13-18-6-4-3-5-7-18)30-29(36)28(35)26-25(38-30)16-24(33)23-9-8-22(10-11-32)37-31(23)26/h3-7,14-17,22,32-34,36H,8-13H2,1-2H3. The van der Waals surface area contributed by atoms with Crippen LogP contribution in [-0.2, 0) is 19.3 Å². The van der Waals surface area contributed by atoms with E-state index < -0.39 is 11.2 Å². The molecule has 0 amide bonds. The van der Waals surface area contributed by atoms with Crippen LogP contribution in [0.2, 0.25) is 0 Å². The Morgan fingerprint density at radius 3 is 2.45 bits per heavy atom. The van der Waals surface area contributed by atoms with E-state index in [1.165, 1.54) is 6.07 Å². The highest BCUT2D eigenvalue weighted by Gasteiger charge is 2.29. The van der Waals surface area contributed by atoms with Gasteiger partial charge < -0.3 is 29.6 Å². The van der Waals surface area contributed by atoms with Crippen molar-refractivity contribution in [1.29, 1.82) is 0 Å². The lowest BCUT2D eigenvalue weighted by molar-refractivity contribution is 0.134. The Morgan fingerprint density at radius 2 is 1.74 bits per heavy atom. The minimum atomic E-state index is -0.662. The number of benzene rings is 3. The fourth-order valence-electron chi connectivity index (χ4n) is 5.22. The molecule has 38 heavy (non-hydrogen) atoms. The van der Waals surface area contributed by atoms with Crippen molar-refractivity contribution in [3.8, 4) is 34.3 Å². The zero-order valence-electron chi connectivity index (χ0n) is 21.5. The molecule has 0 bridgehead atoms. The molecule has 5 rings (SSSR count). The first-order chi connectivity index (χ1) is 18.3. The van der Waals surface area contributed by atoms with Crippen molar-refractivity contribution >= 4 is 11.0 Å². The molecule has 198 valence electrons. The van der Waals surface area contributed by atoms with Gasteiger partial charge in [0.15, 0.2) is 5.76 Å². The van der Waals surface area contributed by atoms with Gasteiger partial charge in [-0.2, -0.15) is 0 Å². The minimum Gasteiger partial charge on any atom is -0.507 e. The molecule has 4 aromatic rings. The average molecular weight is 517 g/mol. The Balaban J connectivity index is 1.68. The van der Waals surface area contributed by atoms with Crippen molar-refractivity contribution in [3.63, 3.8) is 0 Å². The van der Waals surface area contributed by atoms with Gasteiger partial charge in [-0.1, -0.05) is 44.2 Å². The van der Waals surface area contributed by atoms with Crippen molar-refractivity contribution in [2.24, 2.45) is 5.92 Å². The van der Waals surface area contributed by atoms with Crippen LogP contribution >= 0.6 is 0 Å². The van der Waals surface area contributed by atoms with Gasteiger partial charge in [0, 0.05) is 36.6 Å². The second kappa shape index (κ2) is 10.4. The number of aliphatic hydroxyl groups excluding tert-OH is 1. The Bertz CT molecular complexity index is 1540. The number of rotatable bonds is 7.